The monoisotopic (exact) mass is 376 g/mol. The third kappa shape index (κ3) is 3.45. The number of rotatable bonds is 4. The number of carbonyl (C=O) groups excluding carboxylic acids is 1. The molecule has 0 spiro atoms. The quantitative estimate of drug-likeness (QED) is 0.565. The van der Waals surface area contributed by atoms with Crippen molar-refractivity contribution in [2.24, 2.45) is 0 Å². The van der Waals surface area contributed by atoms with Crippen molar-refractivity contribution < 1.29 is 9.32 Å². The molecule has 0 unspecified atom stereocenters. The van der Waals surface area contributed by atoms with E-state index < -0.39 is 5.91 Å². The molecule has 9 nitrogen and oxygen atoms in total. The van der Waals surface area contributed by atoms with Gasteiger partial charge in [-0.3, -0.25) is 14.6 Å². The van der Waals surface area contributed by atoms with Crippen molar-refractivity contribution in [1.82, 2.24) is 24.9 Å². The molecule has 0 radical (unpaired) electrons. The highest BCUT2D eigenvalue weighted by molar-refractivity contribution is 6.03. The molecular formula is C19H16N6O3. The van der Waals surface area contributed by atoms with Gasteiger partial charge in [-0.05, 0) is 13.8 Å². The highest BCUT2D eigenvalue weighted by Crippen LogP contribution is 2.21. The molecule has 9 heteroatoms. The van der Waals surface area contributed by atoms with Crippen molar-refractivity contribution in [1.29, 1.82) is 0 Å². The molecular weight excluding hydrogens is 360 g/mol. The summed E-state index contributed by atoms with van der Waals surface area (Å²) >= 11 is 0. The number of nitrogens with one attached hydrogen (secondary N) is 2. The van der Waals surface area contributed by atoms with Gasteiger partial charge >= 0.3 is 0 Å². The van der Waals surface area contributed by atoms with Crippen LogP contribution in [0.4, 0.5) is 5.82 Å². The first-order chi connectivity index (χ1) is 13.5. The van der Waals surface area contributed by atoms with Crippen LogP contribution >= 0.6 is 0 Å². The largest absolute Gasteiger partial charge is 0.355 e. The lowest BCUT2D eigenvalue weighted by atomic mass is 10.1. The number of anilines is 1. The molecule has 0 bridgehead atoms. The number of aromatic amines is 1. The Kier molecular flexibility index (Phi) is 4.32. The second kappa shape index (κ2) is 6.95. The van der Waals surface area contributed by atoms with Crippen LogP contribution in [0.3, 0.4) is 0 Å². The Balaban J connectivity index is 1.62. The van der Waals surface area contributed by atoms with Crippen molar-refractivity contribution in [2.75, 3.05) is 5.32 Å². The number of nitrogens with zero attached hydrogens (tertiary/aromatic N) is 4. The van der Waals surface area contributed by atoms with Crippen molar-refractivity contribution in [3.63, 3.8) is 0 Å². The molecule has 0 saturated carbocycles. The van der Waals surface area contributed by atoms with E-state index in [0.29, 0.717) is 23.0 Å². The van der Waals surface area contributed by atoms with Crippen molar-refractivity contribution in [3.8, 4) is 17.3 Å². The van der Waals surface area contributed by atoms with E-state index in [1.807, 2.05) is 30.3 Å². The summed E-state index contributed by atoms with van der Waals surface area (Å²) in [6, 6.07) is 14.0. The van der Waals surface area contributed by atoms with Crippen molar-refractivity contribution in [3.05, 3.63) is 76.0 Å². The van der Waals surface area contributed by atoms with Gasteiger partial charge in [-0.2, -0.15) is 9.78 Å². The molecule has 1 amide bonds. The normalized spacial score (nSPS) is 10.8. The second-order valence-corrected chi connectivity index (χ2v) is 6.19. The number of carbonyl (C=O) groups is 1. The topological polar surface area (TPSA) is 119 Å². The van der Waals surface area contributed by atoms with Gasteiger partial charge in [0, 0.05) is 29.5 Å². The summed E-state index contributed by atoms with van der Waals surface area (Å²) in [6.07, 6.45) is 0. The molecule has 0 saturated heterocycles. The minimum Gasteiger partial charge on any atom is -0.355 e. The molecule has 4 rings (SSSR count). The standard InChI is InChI=1S/C19H16N6O3/c1-11-9-17(26)22-19(20-11)25-16(8-12(2)23-25)21-18(27)14-10-15(28-24-14)13-6-4-3-5-7-13/h3-10H,1-2H3,(H,21,27)(H,20,22,26). The van der Waals surface area contributed by atoms with E-state index >= 15 is 0 Å². The van der Waals surface area contributed by atoms with Crippen LogP contribution in [0.1, 0.15) is 21.9 Å². The lowest BCUT2D eigenvalue weighted by Crippen LogP contribution is -2.19. The molecule has 0 aliphatic carbocycles. The van der Waals surface area contributed by atoms with Crippen molar-refractivity contribution >= 4 is 11.7 Å². The summed E-state index contributed by atoms with van der Waals surface area (Å²) in [6.45, 7) is 3.47. The van der Waals surface area contributed by atoms with Gasteiger partial charge in [0.25, 0.3) is 11.5 Å². The van der Waals surface area contributed by atoms with E-state index in [9.17, 15) is 9.59 Å². The maximum atomic E-state index is 12.6. The van der Waals surface area contributed by atoms with E-state index in [1.165, 1.54) is 10.7 Å². The molecule has 1 aromatic carbocycles. The zero-order valence-electron chi connectivity index (χ0n) is 15.1. The molecule has 140 valence electrons. The Hall–Kier alpha value is -4.01. The lowest BCUT2D eigenvalue weighted by Gasteiger charge is -2.07. The predicted octanol–water partition coefficient (Wildman–Crippen LogP) is 2.48. The third-order valence-corrected chi connectivity index (χ3v) is 3.93. The van der Waals surface area contributed by atoms with E-state index in [1.54, 1.807) is 26.0 Å². The molecule has 0 aliphatic rings. The smallest absolute Gasteiger partial charge is 0.279 e. The van der Waals surface area contributed by atoms with Crippen LogP contribution in [-0.4, -0.2) is 30.8 Å². The van der Waals surface area contributed by atoms with Crippen LogP contribution in [0.5, 0.6) is 0 Å². The van der Waals surface area contributed by atoms with Gasteiger partial charge in [-0.1, -0.05) is 35.5 Å². The second-order valence-electron chi connectivity index (χ2n) is 6.19. The molecule has 0 atom stereocenters. The van der Waals surface area contributed by atoms with E-state index in [0.717, 1.165) is 5.56 Å². The highest BCUT2D eigenvalue weighted by Gasteiger charge is 2.18. The molecule has 0 fully saturated rings. The average Bonchev–Trinajstić information content (AvgIpc) is 3.29. The van der Waals surface area contributed by atoms with Gasteiger partial charge in [-0.25, -0.2) is 4.98 Å². The van der Waals surface area contributed by atoms with Crippen molar-refractivity contribution in [2.45, 2.75) is 13.8 Å². The SMILES string of the molecule is Cc1cc(=O)[nH]c(-n2nc(C)cc2NC(=O)c2cc(-c3ccccc3)on2)n1. The molecule has 28 heavy (non-hydrogen) atoms. The maximum Gasteiger partial charge on any atom is 0.279 e. The van der Waals surface area contributed by atoms with E-state index in [4.69, 9.17) is 4.52 Å². The number of hydrogen-bond donors (Lipinski definition) is 2. The molecule has 3 aromatic heterocycles. The van der Waals surface area contributed by atoms with Crippen LogP contribution in [-0.2, 0) is 0 Å². The molecule has 4 aromatic rings. The van der Waals surface area contributed by atoms with E-state index in [-0.39, 0.29) is 17.2 Å². The summed E-state index contributed by atoms with van der Waals surface area (Å²) in [5.41, 5.74) is 1.81. The molecule has 2 N–H and O–H groups in total. The lowest BCUT2D eigenvalue weighted by molar-refractivity contribution is 0.101. The minimum absolute atomic E-state index is 0.120. The highest BCUT2D eigenvalue weighted by atomic mass is 16.5. The Bertz CT molecular complexity index is 1210. The Morgan fingerprint density at radius 1 is 1.11 bits per heavy atom. The number of amides is 1. The Labute approximate surface area is 159 Å². The summed E-state index contributed by atoms with van der Waals surface area (Å²) in [5.74, 6) is 0.571. The first-order valence-electron chi connectivity index (χ1n) is 8.48. The van der Waals surface area contributed by atoms with Gasteiger partial charge < -0.3 is 9.84 Å². The zero-order chi connectivity index (χ0) is 19.7. The number of H-pyrrole nitrogens is 1. The van der Waals surface area contributed by atoms with E-state index in [2.05, 4.69) is 25.5 Å². The minimum atomic E-state index is -0.470. The first-order valence-corrected chi connectivity index (χ1v) is 8.48. The van der Waals surface area contributed by atoms with Gasteiger partial charge in [0.15, 0.2) is 11.5 Å². The van der Waals surface area contributed by atoms with Crippen LogP contribution in [0.25, 0.3) is 17.3 Å². The van der Waals surface area contributed by atoms with Crippen LogP contribution in [0.15, 0.2) is 57.8 Å². The molecule has 3 heterocycles. The maximum absolute atomic E-state index is 12.6. The summed E-state index contributed by atoms with van der Waals surface area (Å²) in [4.78, 5) is 31.2. The first kappa shape index (κ1) is 17.4. The van der Waals surface area contributed by atoms with Gasteiger partial charge in [-0.15, -0.1) is 0 Å². The zero-order valence-corrected chi connectivity index (χ0v) is 15.1. The predicted molar refractivity (Wildman–Crippen MR) is 101 cm³/mol. The number of benzene rings is 1. The van der Waals surface area contributed by atoms with Crippen LogP contribution in [0.2, 0.25) is 0 Å². The summed E-state index contributed by atoms with van der Waals surface area (Å²) < 4.78 is 6.63. The molecule has 0 aliphatic heterocycles. The Morgan fingerprint density at radius 3 is 2.64 bits per heavy atom. The van der Waals surface area contributed by atoms with Gasteiger partial charge in [0.1, 0.15) is 5.82 Å². The number of aryl methyl sites for hydroxylation is 2. The fraction of sp³-hybridized carbons (Fsp3) is 0.105. The average molecular weight is 376 g/mol. The van der Waals surface area contributed by atoms with Gasteiger partial charge in [0.05, 0.1) is 5.69 Å². The summed E-state index contributed by atoms with van der Waals surface area (Å²) in [5, 5.41) is 10.9. The number of hydrogen-bond acceptors (Lipinski definition) is 6. The van der Waals surface area contributed by atoms with Crippen LogP contribution in [0, 0.1) is 13.8 Å². The fourth-order valence-corrected chi connectivity index (χ4v) is 2.71. The van der Waals surface area contributed by atoms with Crippen LogP contribution < -0.4 is 10.9 Å². The number of aromatic nitrogens is 5. The fourth-order valence-electron chi connectivity index (χ4n) is 2.71. The third-order valence-electron chi connectivity index (χ3n) is 3.93. The summed E-state index contributed by atoms with van der Waals surface area (Å²) in [7, 11) is 0. The Morgan fingerprint density at radius 2 is 1.89 bits per heavy atom. The van der Waals surface area contributed by atoms with Gasteiger partial charge in [0.2, 0.25) is 5.95 Å².